The fourth-order valence-electron chi connectivity index (χ4n) is 1.56. The normalized spacial score (nSPS) is 14.3. The lowest BCUT2D eigenvalue weighted by molar-refractivity contribution is -0.115. The molecule has 0 fully saturated rings. The summed E-state index contributed by atoms with van der Waals surface area (Å²) in [6.45, 7) is -0.127. The number of halogens is 1. The molecule has 1 aliphatic rings. The molecule has 0 bridgehead atoms. The number of benzene rings is 1. The van der Waals surface area contributed by atoms with E-state index in [9.17, 15) is 14.4 Å². The van der Waals surface area contributed by atoms with E-state index in [1.165, 1.54) is 6.07 Å². The van der Waals surface area contributed by atoms with Gasteiger partial charge < -0.3 is 4.79 Å². The minimum atomic E-state index is -0.704. The highest BCUT2D eigenvalue weighted by molar-refractivity contribution is 6.55. The van der Waals surface area contributed by atoms with Gasteiger partial charge in [-0.15, -0.1) is 0 Å². The van der Waals surface area contributed by atoms with Gasteiger partial charge in [-0.3, -0.25) is 14.5 Å². The SMILES string of the molecule is O=CCN1C(=O)C(=O)c2c(Cl)cccc21. The molecule has 0 atom stereocenters. The predicted octanol–water partition coefficient (Wildman–Crippen LogP) is 1.07. The van der Waals surface area contributed by atoms with Crippen LogP contribution < -0.4 is 4.90 Å². The molecule has 2 rings (SSSR count). The van der Waals surface area contributed by atoms with Crippen LogP contribution in [0.15, 0.2) is 18.2 Å². The lowest BCUT2D eigenvalue weighted by atomic mass is 10.1. The van der Waals surface area contributed by atoms with Gasteiger partial charge in [0, 0.05) is 0 Å². The zero-order chi connectivity index (χ0) is 11.0. The summed E-state index contributed by atoms with van der Waals surface area (Å²) in [6, 6.07) is 4.76. The molecule has 0 N–H and O–H groups in total. The lowest BCUT2D eigenvalue weighted by Gasteiger charge is -2.11. The Balaban J connectivity index is 2.60. The van der Waals surface area contributed by atoms with Crippen LogP contribution in [-0.2, 0) is 9.59 Å². The second-order valence-corrected chi connectivity index (χ2v) is 3.45. The molecule has 1 heterocycles. The van der Waals surface area contributed by atoms with E-state index in [4.69, 9.17) is 11.6 Å². The van der Waals surface area contributed by atoms with Crippen molar-refractivity contribution in [1.82, 2.24) is 0 Å². The highest BCUT2D eigenvalue weighted by Crippen LogP contribution is 2.33. The van der Waals surface area contributed by atoms with Gasteiger partial charge >= 0.3 is 0 Å². The summed E-state index contributed by atoms with van der Waals surface area (Å²) in [7, 11) is 0. The summed E-state index contributed by atoms with van der Waals surface area (Å²) >= 11 is 5.81. The first-order valence-corrected chi connectivity index (χ1v) is 4.63. The number of ketones is 1. The molecule has 0 unspecified atom stereocenters. The Labute approximate surface area is 90.4 Å². The number of amides is 1. The predicted molar refractivity (Wildman–Crippen MR) is 54.2 cm³/mol. The Morgan fingerprint density at radius 3 is 2.73 bits per heavy atom. The third-order valence-corrected chi connectivity index (χ3v) is 2.52. The standard InChI is InChI=1S/C10H6ClNO3/c11-6-2-1-3-7-8(6)9(14)10(15)12(7)4-5-13/h1-3,5H,4H2. The van der Waals surface area contributed by atoms with Crippen LogP contribution in [0.4, 0.5) is 5.69 Å². The van der Waals surface area contributed by atoms with E-state index in [1.54, 1.807) is 12.1 Å². The number of fused-ring (bicyclic) bond motifs is 1. The van der Waals surface area contributed by atoms with Gasteiger partial charge in [-0.2, -0.15) is 0 Å². The van der Waals surface area contributed by atoms with Crippen LogP contribution in [0.25, 0.3) is 0 Å². The zero-order valence-corrected chi connectivity index (χ0v) is 8.32. The van der Waals surface area contributed by atoms with Gasteiger partial charge in [-0.1, -0.05) is 17.7 Å². The Hall–Kier alpha value is -1.68. The fraction of sp³-hybridized carbons (Fsp3) is 0.100. The minimum absolute atomic E-state index is 0.127. The maximum Gasteiger partial charge on any atom is 0.299 e. The van der Waals surface area contributed by atoms with Crippen LogP contribution in [0.2, 0.25) is 5.02 Å². The van der Waals surface area contributed by atoms with E-state index in [1.807, 2.05) is 0 Å². The molecule has 0 saturated carbocycles. The highest BCUT2D eigenvalue weighted by Gasteiger charge is 2.36. The third kappa shape index (κ3) is 1.34. The summed E-state index contributed by atoms with van der Waals surface area (Å²) in [5.41, 5.74) is 0.593. The van der Waals surface area contributed by atoms with Crippen LogP contribution >= 0.6 is 11.6 Å². The van der Waals surface area contributed by atoms with Gasteiger partial charge in [0.15, 0.2) is 0 Å². The molecular formula is C10H6ClNO3. The number of carbonyl (C=O) groups is 3. The molecular weight excluding hydrogens is 218 g/mol. The number of Topliss-reactive ketones (excluding diaryl/α,β-unsaturated/α-hetero) is 1. The maximum atomic E-state index is 11.5. The van der Waals surface area contributed by atoms with Crippen molar-refractivity contribution in [2.24, 2.45) is 0 Å². The summed E-state index contributed by atoms with van der Waals surface area (Å²) < 4.78 is 0. The topological polar surface area (TPSA) is 54.5 Å². The van der Waals surface area contributed by atoms with Gasteiger partial charge in [0.25, 0.3) is 11.7 Å². The summed E-state index contributed by atoms with van der Waals surface area (Å²) in [5.74, 6) is -1.36. The van der Waals surface area contributed by atoms with Crippen molar-refractivity contribution in [1.29, 1.82) is 0 Å². The van der Waals surface area contributed by atoms with Crippen molar-refractivity contribution >= 4 is 35.3 Å². The molecule has 1 amide bonds. The van der Waals surface area contributed by atoms with Crippen LogP contribution in [0.1, 0.15) is 10.4 Å². The van der Waals surface area contributed by atoms with E-state index in [2.05, 4.69) is 0 Å². The second-order valence-electron chi connectivity index (χ2n) is 3.05. The average Bonchev–Trinajstić information content (AvgIpc) is 2.45. The molecule has 1 aliphatic heterocycles. The first-order valence-electron chi connectivity index (χ1n) is 4.25. The van der Waals surface area contributed by atoms with Crippen molar-refractivity contribution in [3.05, 3.63) is 28.8 Å². The molecule has 1 aromatic rings. The maximum absolute atomic E-state index is 11.5. The van der Waals surface area contributed by atoms with Gasteiger partial charge in [0.2, 0.25) is 0 Å². The monoisotopic (exact) mass is 223 g/mol. The van der Waals surface area contributed by atoms with Crippen LogP contribution in [0.3, 0.4) is 0 Å². The van der Waals surface area contributed by atoms with Crippen molar-refractivity contribution < 1.29 is 14.4 Å². The quantitative estimate of drug-likeness (QED) is 0.557. The van der Waals surface area contributed by atoms with E-state index in [0.29, 0.717) is 12.0 Å². The van der Waals surface area contributed by atoms with E-state index in [0.717, 1.165) is 4.90 Å². The average molecular weight is 224 g/mol. The van der Waals surface area contributed by atoms with Gasteiger partial charge in [-0.05, 0) is 12.1 Å². The van der Waals surface area contributed by atoms with Crippen molar-refractivity contribution in [2.75, 3.05) is 11.4 Å². The number of nitrogens with zero attached hydrogens (tertiary/aromatic N) is 1. The Morgan fingerprint density at radius 1 is 1.33 bits per heavy atom. The number of carbonyl (C=O) groups excluding carboxylic acids is 3. The molecule has 4 nitrogen and oxygen atoms in total. The molecule has 15 heavy (non-hydrogen) atoms. The van der Waals surface area contributed by atoms with E-state index in [-0.39, 0.29) is 17.1 Å². The molecule has 76 valence electrons. The summed E-state index contributed by atoms with van der Waals surface area (Å²) in [4.78, 5) is 34.5. The number of hydrogen-bond donors (Lipinski definition) is 0. The van der Waals surface area contributed by atoms with Crippen LogP contribution in [-0.4, -0.2) is 24.5 Å². The molecule has 0 radical (unpaired) electrons. The molecule has 0 saturated heterocycles. The highest BCUT2D eigenvalue weighted by atomic mass is 35.5. The molecule has 0 aliphatic carbocycles. The molecule has 1 aromatic carbocycles. The number of rotatable bonds is 2. The van der Waals surface area contributed by atoms with Gasteiger partial charge in [0.05, 0.1) is 22.8 Å². The largest absolute Gasteiger partial charge is 0.301 e. The third-order valence-electron chi connectivity index (χ3n) is 2.21. The summed E-state index contributed by atoms with van der Waals surface area (Å²) in [5, 5.41) is 0.235. The zero-order valence-electron chi connectivity index (χ0n) is 7.57. The Kier molecular flexibility index (Phi) is 2.28. The van der Waals surface area contributed by atoms with Crippen molar-refractivity contribution in [3.63, 3.8) is 0 Å². The molecule has 5 heteroatoms. The van der Waals surface area contributed by atoms with Crippen LogP contribution in [0.5, 0.6) is 0 Å². The molecule has 0 spiro atoms. The fourth-order valence-corrected chi connectivity index (χ4v) is 1.81. The summed E-state index contributed by atoms with van der Waals surface area (Å²) in [6.07, 6.45) is 0.571. The smallest absolute Gasteiger partial charge is 0.299 e. The van der Waals surface area contributed by atoms with Crippen molar-refractivity contribution in [2.45, 2.75) is 0 Å². The molecule has 0 aromatic heterocycles. The lowest BCUT2D eigenvalue weighted by Crippen LogP contribution is -2.31. The second kappa shape index (κ2) is 3.47. The number of anilines is 1. The van der Waals surface area contributed by atoms with Gasteiger partial charge in [0.1, 0.15) is 6.29 Å². The first-order chi connectivity index (χ1) is 7.16. The van der Waals surface area contributed by atoms with Crippen LogP contribution in [0, 0.1) is 0 Å². The number of aldehydes is 1. The van der Waals surface area contributed by atoms with Crippen molar-refractivity contribution in [3.8, 4) is 0 Å². The van der Waals surface area contributed by atoms with E-state index >= 15 is 0 Å². The first kappa shape index (κ1) is 9.86. The Bertz CT molecular complexity index is 470. The number of hydrogen-bond acceptors (Lipinski definition) is 3. The van der Waals surface area contributed by atoms with Gasteiger partial charge in [-0.25, -0.2) is 0 Å². The Morgan fingerprint density at radius 2 is 2.07 bits per heavy atom. The minimum Gasteiger partial charge on any atom is -0.301 e. The van der Waals surface area contributed by atoms with E-state index < -0.39 is 11.7 Å².